The summed E-state index contributed by atoms with van der Waals surface area (Å²) >= 11 is 6.09. The molecule has 1 atom stereocenters. The van der Waals surface area contributed by atoms with Crippen LogP contribution in [-0.4, -0.2) is 21.0 Å². The molecular weight excluding hydrogens is 260 g/mol. The minimum absolute atomic E-state index is 0.227. The summed E-state index contributed by atoms with van der Waals surface area (Å²) in [6.07, 6.45) is 3.79. The van der Waals surface area contributed by atoms with E-state index in [0.717, 1.165) is 23.9 Å². The van der Waals surface area contributed by atoms with Crippen LogP contribution >= 0.6 is 11.6 Å². The molecule has 0 spiro atoms. The molecule has 5 heteroatoms. The van der Waals surface area contributed by atoms with E-state index in [9.17, 15) is 0 Å². The van der Waals surface area contributed by atoms with Crippen LogP contribution in [0.2, 0.25) is 5.02 Å². The van der Waals surface area contributed by atoms with Crippen LogP contribution in [0.1, 0.15) is 23.0 Å². The number of imidazole rings is 1. The molecular formula is C14H17ClN4. The second kappa shape index (κ2) is 4.96. The first-order chi connectivity index (χ1) is 9.19. The van der Waals surface area contributed by atoms with E-state index in [2.05, 4.69) is 16.0 Å². The molecule has 0 saturated carbocycles. The van der Waals surface area contributed by atoms with E-state index in [1.807, 2.05) is 36.1 Å². The minimum Gasteiger partial charge on any atom is -0.337 e. The highest BCUT2D eigenvalue weighted by atomic mass is 35.5. The average Bonchev–Trinajstić information content (AvgIpc) is 2.93. The Hall–Kier alpha value is -1.36. The molecule has 2 N–H and O–H groups in total. The van der Waals surface area contributed by atoms with E-state index in [1.54, 1.807) is 0 Å². The van der Waals surface area contributed by atoms with Crippen molar-refractivity contribution >= 4 is 11.6 Å². The molecule has 0 aliphatic carbocycles. The molecule has 0 amide bonds. The van der Waals surface area contributed by atoms with Gasteiger partial charge in [0.05, 0.1) is 6.54 Å². The second-order valence-corrected chi connectivity index (χ2v) is 5.39. The average molecular weight is 277 g/mol. The fourth-order valence-electron chi connectivity index (χ4n) is 2.72. The number of fused-ring (bicyclic) bond motifs is 1. The number of aromatic nitrogens is 2. The first kappa shape index (κ1) is 12.7. The van der Waals surface area contributed by atoms with Gasteiger partial charge >= 0.3 is 0 Å². The smallest absolute Gasteiger partial charge is 0.122 e. The van der Waals surface area contributed by atoms with Crippen molar-refractivity contribution in [1.29, 1.82) is 0 Å². The third-order valence-corrected chi connectivity index (χ3v) is 4.00. The molecule has 0 bridgehead atoms. The van der Waals surface area contributed by atoms with Crippen molar-refractivity contribution < 1.29 is 0 Å². The molecule has 1 aromatic heterocycles. The Balaban J connectivity index is 1.87. The van der Waals surface area contributed by atoms with Crippen LogP contribution in [0.25, 0.3) is 0 Å². The lowest BCUT2D eigenvalue weighted by Gasteiger charge is -2.23. The van der Waals surface area contributed by atoms with Gasteiger partial charge in [0, 0.05) is 43.6 Å². The first-order valence-corrected chi connectivity index (χ1v) is 6.75. The second-order valence-electron chi connectivity index (χ2n) is 4.95. The molecule has 3 rings (SSSR count). The van der Waals surface area contributed by atoms with Crippen LogP contribution < -0.4 is 5.73 Å². The highest BCUT2D eigenvalue weighted by molar-refractivity contribution is 6.30. The zero-order valence-corrected chi connectivity index (χ0v) is 11.6. The van der Waals surface area contributed by atoms with Gasteiger partial charge in [0.15, 0.2) is 0 Å². The summed E-state index contributed by atoms with van der Waals surface area (Å²) in [5.74, 6) is 1.05. The Morgan fingerprint density at radius 3 is 3.00 bits per heavy atom. The predicted molar refractivity (Wildman–Crippen MR) is 75.7 cm³/mol. The molecule has 19 heavy (non-hydrogen) atoms. The van der Waals surface area contributed by atoms with Crippen LogP contribution in [0, 0.1) is 0 Å². The summed E-state index contributed by atoms with van der Waals surface area (Å²) < 4.78 is 2.05. The summed E-state index contributed by atoms with van der Waals surface area (Å²) in [5, 5.41) is 0.774. The van der Waals surface area contributed by atoms with Crippen molar-refractivity contribution in [1.82, 2.24) is 14.5 Å². The van der Waals surface area contributed by atoms with E-state index in [1.165, 1.54) is 11.1 Å². The Kier molecular flexibility index (Phi) is 3.31. The van der Waals surface area contributed by atoms with Crippen molar-refractivity contribution in [3.8, 4) is 0 Å². The number of benzene rings is 1. The molecule has 0 fully saturated rings. The molecule has 0 saturated heterocycles. The number of rotatable bonds is 3. The van der Waals surface area contributed by atoms with Gasteiger partial charge in [-0.15, -0.1) is 0 Å². The van der Waals surface area contributed by atoms with E-state index >= 15 is 0 Å². The van der Waals surface area contributed by atoms with Crippen LogP contribution in [0.5, 0.6) is 0 Å². The summed E-state index contributed by atoms with van der Waals surface area (Å²) in [7, 11) is 2.01. The molecule has 4 nitrogen and oxygen atoms in total. The standard InChI is InChI=1S/C14H17ClN4/c1-18-5-4-17-14(18)9-19-8-10-2-3-11(15)6-12(10)13(19)7-16/h2-6,13H,7-9,16H2,1H3. The highest BCUT2D eigenvalue weighted by Crippen LogP contribution is 2.35. The number of halogens is 1. The van der Waals surface area contributed by atoms with Gasteiger partial charge in [-0.25, -0.2) is 4.98 Å². The fraction of sp³-hybridized carbons (Fsp3) is 0.357. The third kappa shape index (κ3) is 2.27. The fourth-order valence-corrected chi connectivity index (χ4v) is 2.90. The normalized spacial score (nSPS) is 18.8. The van der Waals surface area contributed by atoms with Gasteiger partial charge in [-0.3, -0.25) is 4.90 Å². The Labute approximate surface area is 117 Å². The molecule has 100 valence electrons. The number of aryl methyl sites for hydroxylation is 1. The number of nitrogens with two attached hydrogens (primary N) is 1. The maximum atomic E-state index is 6.09. The van der Waals surface area contributed by atoms with Crippen molar-refractivity contribution in [3.05, 3.63) is 52.6 Å². The molecule has 0 radical (unpaired) electrons. The van der Waals surface area contributed by atoms with Crippen LogP contribution in [0.3, 0.4) is 0 Å². The van der Waals surface area contributed by atoms with Gasteiger partial charge < -0.3 is 10.3 Å². The van der Waals surface area contributed by atoms with Gasteiger partial charge in [0.2, 0.25) is 0 Å². The van der Waals surface area contributed by atoms with Crippen LogP contribution in [0.15, 0.2) is 30.6 Å². The topological polar surface area (TPSA) is 47.1 Å². The first-order valence-electron chi connectivity index (χ1n) is 6.37. The molecule has 1 aliphatic heterocycles. The van der Waals surface area contributed by atoms with Crippen molar-refractivity contribution in [2.24, 2.45) is 12.8 Å². The number of nitrogens with zero attached hydrogens (tertiary/aromatic N) is 3. The summed E-state index contributed by atoms with van der Waals surface area (Å²) in [6.45, 7) is 2.30. The van der Waals surface area contributed by atoms with Gasteiger partial charge in [-0.1, -0.05) is 17.7 Å². The summed E-state index contributed by atoms with van der Waals surface area (Å²) in [5.41, 5.74) is 8.51. The molecule has 1 aromatic carbocycles. The minimum atomic E-state index is 0.227. The lowest BCUT2D eigenvalue weighted by atomic mass is 10.1. The number of hydrogen-bond donors (Lipinski definition) is 1. The molecule has 2 aromatic rings. The van der Waals surface area contributed by atoms with E-state index < -0.39 is 0 Å². The lowest BCUT2D eigenvalue weighted by Crippen LogP contribution is -2.28. The predicted octanol–water partition coefficient (Wildman–Crippen LogP) is 2.09. The van der Waals surface area contributed by atoms with E-state index in [0.29, 0.717) is 6.54 Å². The quantitative estimate of drug-likeness (QED) is 0.934. The van der Waals surface area contributed by atoms with E-state index in [-0.39, 0.29) is 6.04 Å². The van der Waals surface area contributed by atoms with Crippen LogP contribution in [0.4, 0.5) is 0 Å². The highest BCUT2D eigenvalue weighted by Gasteiger charge is 2.29. The maximum Gasteiger partial charge on any atom is 0.122 e. The molecule has 1 unspecified atom stereocenters. The Morgan fingerprint density at radius 2 is 2.32 bits per heavy atom. The Bertz CT molecular complexity index is 593. The van der Waals surface area contributed by atoms with Gasteiger partial charge in [-0.05, 0) is 23.3 Å². The summed E-state index contributed by atoms with van der Waals surface area (Å²) in [4.78, 5) is 6.73. The van der Waals surface area contributed by atoms with Crippen molar-refractivity contribution in [3.63, 3.8) is 0 Å². The molecule has 1 aliphatic rings. The monoisotopic (exact) mass is 276 g/mol. The van der Waals surface area contributed by atoms with Crippen LogP contribution in [-0.2, 0) is 20.1 Å². The largest absolute Gasteiger partial charge is 0.337 e. The zero-order valence-electron chi connectivity index (χ0n) is 10.9. The van der Waals surface area contributed by atoms with Gasteiger partial charge in [0.25, 0.3) is 0 Å². The maximum absolute atomic E-state index is 6.09. The van der Waals surface area contributed by atoms with Gasteiger partial charge in [-0.2, -0.15) is 0 Å². The van der Waals surface area contributed by atoms with E-state index in [4.69, 9.17) is 17.3 Å². The van der Waals surface area contributed by atoms with Gasteiger partial charge in [0.1, 0.15) is 5.82 Å². The third-order valence-electron chi connectivity index (χ3n) is 3.77. The Morgan fingerprint density at radius 1 is 1.47 bits per heavy atom. The van der Waals surface area contributed by atoms with Crippen molar-refractivity contribution in [2.75, 3.05) is 6.54 Å². The van der Waals surface area contributed by atoms with Crippen molar-refractivity contribution in [2.45, 2.75) is 19.1 Å². The number of hydrogen-bond acceptors (Lipinski definition) is 3. The zero-order chi connectivity index (χ0) is 13.4. The summed E-state index contributed by atoms with van der Waals surface area (Å²) in [6, 6.07) is 6.30. The lowest BCUT2D eigenvalue weighted by molar-refractivity contribution is 0.203. The SMILES string of the molecule is Cn1ccnc1CN1Cc2ccc(Cl)cc2C1CN. The molecule has 2 heterocycles.